The molecule has 0 rings (SSSR count). The average molecular weight is 1110 g/mol. The Kier molecular flexibility index (Phi) is 55.9. The molecule has 0 saturated heterocycles. The molecule has 0 aliphatic heterocycles. The van der Waals surface area contributed by atoms with Crippen LogP contribution in [-0.2, 0) is 42.2 Å². The SMILES string of the molecule is CC/C=C\C/C=C\C/C=C\C/C=C\C/C=C\CC(=O)OCC(COP(=O)(O)OCC(CO)OC(=O)CCCCCC/C=C\C/C=C\C/C=C\C/C=C\CC)OC(=O)CCCCCCCCCCC/C=C\CCCCCCCC. The van der Waals surface area contributed by atoms with E-state index in [1.54, 1.807) is 6.08 Å². The summed E-state index contributed by atoms with van der Waals surface area (Å²) in [5.74, 6) is -1.65. The number of hydrogen-bond donors (Lipinski definition) is 2. The topological polar surface area (TPSA) is 155 Å². The van der Waals surface area contributed by atoms with Gasteiger partial charge in [-0.1, -0.05) is 232 Å². The zero-order valence-electron chi connectivity index (χ0n) is 49.1. The smallest absolute Gasteiger partial charge is 0.461 e. The van der Waals surface area contributed by atoms with Crippen molar-refractivity contribution in [2.75, 3.05) is 26.4 Å². The van der Waals surface area contributed by atoms with E-state index in [-0.39, 0.29) is 19.3 Å². The van der Waals surface area contributed by atoms with Crippen molar-refractivity contribution >= 4 is 25.7 Å². The minimum atomic E-state index is -4.79. The van der Waals surface area contributed by atoms with Crippen LogP contribution in [0.1, 0.15) is 239 Å². The van der Waals surface area contributed by atoms with Gasteiger partial charge in [-0.15, -0.1) is 0 Å². The number of allylic oxidation sites excluding steroid dienone is 19. The first-order chi connectivity index (χ1) is 38.2. The second-order valence-corrected chi connectivity index (χ2v) is 21.2. The summed E-state index contributed by atoms with van der Waals surface area (Å²) in [6.45, 7) is 4.28. The summed E-state index contributed by atoms with van der Waals surface area (Å²) >= 11 is 0. The van der Waals surface area contributed by atoms with Crippen LogP contribution in [0.5, 0.6) is 0 Å². The van der Waals surface area contributed by atoms with Crippen LogP contribution in [0.25, 0.3) is 0 Å². The molecule has 0 aliphatic carbocycles. The van der Waals surface area contributed by atoms with Crippen LogP contribution in [0.2, 0.25) is 0 Å². The van der Waals surface area contributed by atoms with Gasteiger partial charge in [0.1, 0.15) is 12.7 Å². The van der Waals surface area contributed by atoms with Crippen LogP contribution >= 0.6 is 7.82 Å². The molecular weight excluding hydrogens is 1000 g/mol. The summed E-state index contributed by atoms with van der Waals surface area (Å²) < 4.78 is 39.5. The number of hydrogen-bond acceptors (Lipinski definition) is 10. The van der Waals surface area contributed by atoms with Crippen LogP contribution in [-0.4, -0.2) is 66.5 Å². The number of esters is 3. The van der Waals surface area contributed by atoms with Gasteiger partial charge in [0.2, 0.25) is 0 Å². The van der Waals surface area contributed by atoms with Crippen molar-refractivity contribution in [2.45, 2.75) is 251 Å². The lowest BCUT2D eigenvalue weighted by Gasteiger charge is -2.21. The van der Waals surface area contributed by atoms with Gasteiger partial charge in [0, 0.05) is 12.8 Å². The molecule has 78 heavy (non-hydrogen) atoms. The van der Waals surface area contributed by atoms with Gasteiger partial charge in [-0.05, 0) is 109 Å². The quantitative estimate of drug-likeness (QED) is 0.0197. The zero-order valence-corrected chi connectivity index (χ0v) is 50.0. The molecule has 0 amide bonds. The molecule has 0 bridgehead atoms. The van der Waals surface area contributed by atoms with Gasteiger partial charge in [0.05, 0.1) is 26.2 Å². The van der Waals surface area contributed by atoms with Crippen molar-refractivity contribution in [1.29, 1.82) is 0 Å². The molecule has 3 unspecified atom stereocenters. The van der Waals surface area contributed by atoms with Crippen molar-refractivity contribution in [3.05, 3.63) is 122 Å². The molecule has 0 spiro atoms. The highest BCUT2D eigenvalue weighted by atomic mass is 31.2. The Bertz CT molecular complexity index is 1770. The molecule has 0 heterocycles. The summed E-state index contributed by atoms with van der Waals surface area (Å²) in [5, 5.41) is 9.83. The number of carbonyl (C=O) groups excluding carboxylic acids is 3. The predicted octanol–water partition coefficient (Wildman–Crippen LogP) is 18.4. The summed E-state index contributed by atoms with van der Waals surface area (Å²) in [5.41, 5.74) is 0. The number of phosphoric acid groups is 1. The first-order valence-electron chi connectivity index (χ1n) is 30.4. The third kappa shape index (κ3) is 56.6. The van der Waals surface area contributed by atoms with Gasteiger partial charge in [-0.2, -0.15) is 0 Å². The standard InChI is InChI=1S/C66H109O11P/c1-4-7-10-13-16-19-22-25-28-30-31-33-36-39-42-45-48-51-54-57-66(70)77-63(59-73-64(68)55-52-49-46-43-40-37-34-27-24-21-18-15-12-9-6-3)61-75-78(71,72)74-60-62(58-67)76-65(69)56-53-50-47-44-41-38-35-32-29-26-23-20-17-14-11-8-5-2/h8-9,11-12,17-18,20-21,25-29,34-35,38,40,43,49,52,62-63,67H,4-7,10,13-16,19,22-24,30-33,36-37,39,41-42,44-48,50-51,53-61H2,1-3H3,(H,71,72)/b11-8-,12-9-,20-17-,21-18-,28-25-,29-26-,34-27-,38-35-,43-40-,52-49-. The van der Waals surface area contributed by atoms with Crippen molar-refractivity contribution in [2.24, 2.45) is 0 Å². The molecule has 0 aromatic carbocycles. The molecule has 0 saturated carbocycles. The van der Waals surface area contributed by atoms with Crippen molar-refractivity contribution in [1.82, 2.24) is 0 Å². The highest BCUT2D eigenvalue weighted by molar-refractivity contribution is 7.47. The van der Waals surface area contributed by atoms with E-state index in [9.17, 15) is 28.9 Å². The van der Waals surface area contributed by atoms with Gasteiger partial charge in [0.15, 0.2) is 6.10 Å². The minimum absolute atomic E-state index is 0.0126. The fraction of sp³-hybridized carbons (Fsp3) is 0.652. The molecule has 12 heteroatoms. The molecule has 0 radical (unpaired) electrons. The van der Waals surface area contributed by atoms with Gasteiger partial charge in [0.25, 0.3) is 0 Å². The molecule has 0 aromatic rings. The van der Waals surface area contributed by atoms with Gasteiger partial charge < -0.3 is 24.2 Å². The maximum absolute atomic E-state index is 12.9. The first kappa shape index (κ1) is 73.9. The normalized spacial score (nSPS) is 14.2. The molecule has 0 aromatic heterocycles. The lowest BCUT2D eigenvalue weighted by molar-refractivity contribution is -0.161. The van der Waals surface area contributed by atoms with E-state index in [2.05, 4.69) is 124 Å². The van der Waals surface area contributed by atoms with Gasteiger partial charge >= 0.3 is 25.7 Å². The number of rotatable bonds is 55. The maximum Gasteiger partial charge on any atom is 0.472 e. The van der Waals surface area contributed by atoms with Crippen molar-refractivity contribution in [3.8, 4) is 0 Å². The number of phosphoric ester groups is 1. The van der Waals surface area contributed by atoms with E-state index in [1.165, 1.54) is 83.5 Å². The van der Waals surface area contributed by atoms with Crippen LogP contribution < -0.4 is 0 Å². The Morgan fingerprint density at radius 2 is 0.705 bits per heavy atom. The average Bonchev–Trinajstić information content (AvgIpc) is 3.43. The zero-order chi connectivity index (χ0) is 56.9. The highest BCUT2D eigenvalue weighted by Crippen LogP contribution is 2.43. The first-order valence-corrected chi connectivity index (χ1v) is 31.9. The van der Waals surface area contributed by atoms with E-state index in [0.29, 0.717) is 19.3 Å². The number of aliphatic hydroxyl groups is 1. The maximum atomic E-state index is 12.9. The predicted molar refractivity (Wildman–Crippen MR) is 325 cm³/mol. The minimum Gasteiger partial charge on any atom is -0.461 e. The molecule has 2 N–H and O–H groups in total. The largest absolute Gasteiger partial charge is 0.472 e. The van der Waals surface area contributed by atoms with E-state index in [0.717, 1.165) is 96.3 Å². The van der Waals surface area contributed by atoms with Gasteiger partial charge in [-0.3, -0.25) is 23.4 Å². The second-order valence-electron chi connectivity index (χ2n) is 19.8. The van der Waals surface area contributed by atoms with Crippen molar-refractivity contribution < 1.29 is 52.2 Å². The van der Waals surface area contributed by atoms with E-state index < -0.39 is 64.4 Å². The molecular formula is C66H109O11P. The number of unbranched alkanes of at least 4 members (excludes halogenated alkanes) is 19. The summed E-state index contributed by atoms with van der Waals surface area (Å²) in [7, 11) is -4.79. The molecule has 444 valence electrons. The van der Waals surface area contributed by atoms with E-state index in [4.69, 9.17) is 23.3 Å². The Morgan fingerprint density at radius 1 is 0.385 bits per heavy atom. The number of aliphatic hydroxyl groups excluding tert-OH is 1. The molecule has 0 aliphatic rings. The van der Waals surface area contributed by atoms with E-state index in [1.807, 2.05) is 12.2 Å². The molecule has 0 fully saturated rings. The third-order valence-electron chi connectivity index (χ3n) is 12.4. The lowest BCUT2D eigenvalue weighted by Crippen LogP contribution is -2.30. The van der Waals surface area contributed by atoms with Gasteiger partial charge in [-0.25, -0.2) is 4.57 Å². The van der Waals surface area contributed by atoms with E-state index >= 15 is 0 Å². The Labute approximate surface area is 475 Å². The Hall–Kier alpha value is -4.12. The summed E-state index contributed by atoms with van der Waals surface area (Å²) in [6.07, 6.45) is 73.3. The van der Waals surface area contributed by atoms with Crippen molar-refractivity contribution in [3.63, 3.8) is 0 Å². The summed E-state index contributed by atoms with van der Waals surface area (Å²) in [4.78, 5) is 48.6. The lowest BCUT2D eigenvalue weighted by atomic mass is 10.1. The Balaban J connectivity index is 4.82. The summed E-state index contributed by atoms with van der Waals surface area (Å²) in [6, 6.07) is 0. The van der Waals surface area contributed by atoms with Crippen LogP contribution in [0.3, 0.4) is 0 Å². The fourth-order valence-corrected chi connectivity index (χ4v) is 8.61. The Morgan fingerprint density at radius 3 is 1.10 bits per heavy atom. The van der Waals surface area contributed by atoms with Crippen LogP contribution in [0.15, 0.2) is 122 Å². The third-order valence-corrected chi connectivity index (χ3v) is 13.3. The number of carbonyl (C=O) groups is 3. The molecule has 3 atom stereocenters. The highest BCUT2D eigenvalue weighted by Gasteiger charge is 2.28. The fourth-order valence-electron chi connectivity index (χ4n) is 7.83. The monoisotopic (exact) mass is 1110 g/mol. The van der Waals surface area contributed by atoms with Crippen LogP contribution in [0.4, 0.5) is 0 Å². The second kappa shape index (κ2) is 59.0. The number of ether oxygens (including phenoxy) is 3. The molecule has 11 nitrogen and oxygen atoms in total. The van der Waals surface area contributed by atoms with Crippen LogP contribution in [0, 0.1) is 0 Å².